The van der Waals surface area contributed by atoms with Crippen molar-refractivity contribution in [3.8, 4) is 5.75 Å². The van der Waals surface area contributed by atoms with Crippen LogP contribution in [0, 0.1) is 5.92 Å². The zero-order valence-corrected chi connectivity index (χ0v) is 19.2. The van der Waals surface area contributed by atoms with Crippen LogP contribution in [0.4, 0.5) is 11.4 Å². The number of carbonyl (C=O) groups excluding carboxylic acids is 2. The van der Waals surface area contributed by atoms with E-state index in [0.29, 0.717) is 18.0 Å². The molecule has 0 unspecified atom stereocenters. The second kappa shape index (κ2) is 8.56. The molecule has 2 amide bonds. The summed E-state index contributed by atoms with van der Waals surface area (Å²) in [4.78, 5) is 35.0. The summed E-state index contributed by atoms with van der Waals surface area (Å²) in [5.41, 5.74) is 2.27. The van der Waals surface area contributed by atoms with Crippen LogP contribution in [0.2, 0.25) is 0 Å². The first-order chi connectivity index (χ1) is 17.2. The Balaban J connectivity index is 1.45. The van der Waals surface area contributed by atoms with Crippen LogP contribution in [0.5, 0.6) is 5.75 Å². The lowest BCUT2D eigenvalue weighted by molar-refractivity contribution is -0.126. The van der Waals surface area contributed by atoms with E-state index in [1.54, 1.807) is 29.3 Å². The smallest absolute Gasteiger partial charge is 0.266 e. The van der Waals surface area contributed by atoms with Gasteiger partial charge in [-0.25, -0.2) is 9.96 Å². The number of para-hydroxylation sites is 1. The number of hydrogen-bond donors (Lipinski definition) is 0. The summed E-state index contributed by atoms with van der Waals surface area (Å²) >= 11 is 0. The molecule has 4 aromatic rings. The van der Waals surface area contributed by atoms with E-state index in [0.717, 1.165) is 22.0 Å². The van der Waals surface area contributed by atoms with Crippen molar-refractivity contribution in [3.63, 3.8) is 0 Å². The Bertz CT molecular complexity index is 1400. The molecule has 0 spiro atoms. The lowest BCUT2D eigenvalue weighted by atomic mass is 9.87. The van der Waals surface area contributed by atoms with Crippen LogP contribution in [0.25, 0.3) is 10.8 Å². The zero-order valence-electron chi connectivity index (χ0n) is 19.2. The van der Waals surface area contributed by atoms with E-state index < -0.39 is 18.1 Å². The van der Waals surface area contributed by atoms with Gasteiger partial charge in [0.25, 0.3) is 5.91 Å². The Hall–Kier alpha value is -4.16. The Morgan fingerprint density at radius 1 is 0.771 bits per heavy atom. The fraction of sp³-hybridized carbons (Fsp3) is 0.172. The highest BCUT2D eigenvalue weighted by Crippen LogP contribution is 2.48. The van der Waals surface area contributed by atoms with Gasteiger partial charge in [-0.2, -0.15) is 0 Å². The summed E-state index contributed by atoms with van der Waals surface area (Å²) in [5, 5.41) is 3.84. The number of amides is 2. The molecule has 6 heteroatoms. The monoisotopic (exact) mass is 464 g/mol. The molecule has 174 valence electrons. The molecular formula is C29H24N2O4. The van der Waals surface area contributed by atoms with Gasteiger partial charge >= 0.3 is 0 Å². The first kappa shape index (κ1) is 21.4. The third kappa shape index (κ3) is 3.45. The molecule has 0 aromatic heterocycles. The third-order valence-electron chi connectivity index (χ3n) is 6.67. The van der Waals surface area contributed by atoms with Crippen molar-refractivity contribution in [1.29, 1.82) is 0 Å². The van der Waals surface area contributed by atoms with Crippen LogP contribution in [0.3, 0.4) is 0 Å². The summed E-state index contributed by atoms with van der Waals surface area (Å²) in [6.45, 7) is 2.45. The molecule has 2 fully saturated rings. The summed E-state index contributed by atoms with van der Waals surface area (Å²) in [6.07, 6.45) is -0.904. The second-order valence-corrected chi connectivity index (χ2v) is 8.67. The normalized spacial score (nSPS) is 21.6. The van der Waals surface area contributed by atoms with Gasteiger partial charge in [0.2, 0.25) is 5.91 Å². The molecule has 4 aromatic carbocycles. The zero-order chi connectivity index (χ0) is 23.9. The summed E-state index contributed by atoms with van der Waals surface area (Å²) in [7, 11) is 0. The van der Waals surface area contributed by atoms with Gasteiger partial charge in [0, 0.05) is 0 Å². The quantitative estimate of drug-likeness (QED) is 0.376. The largest absolute Gasteiger partial charge is 0.494 e. The molecule has 2 aliphatic heterocycles. The van der Waals surface area contributed by atoms with E-state index in [2.05, 4.69) is 0 Å². The minimum absolute atomic E-state index is 0.263. The van der Waals surface area contributed by atoms with Crippen LogP contribution in [0.1, 0.15) is 18.5 Å². The SMILES string of the molecule is CCOc1ccc(N2C(=O)[C@@H]3[C@@H](ON(c4ccccc4)[C@H]3c3cccc4ccccc34)C2=O)cc1. The standard InChI is InChI=1S/C29H24N2O4/c1-2-34-22-17-15-20(16-18-22)30-28(32)25-26(24-14-8-10-19-9-6-7-13-23(19)24)31(35-27(25)29(30)33)21-11-4-3-5-12-21/h3-18,25-27H,2H2,1H3/t25-,26-,27+/m0/s1. The van der Waals surface area contributed by atoms with Gasteiger partial charge in [-0.05, 0) is 59.7 Å². The Morgan fingerprint density at radius 3 is 2.26 bits per heavy atom. The number of anilines is 2. The average molecular weight is 465 g/mol. The lowest BCUT2D eigenvalue weighted by Crippen LogP contribution is -2.37. The number of benzene rings is 4. The highest BCUT2D eigenvalue weighted by atomic mass is 16.7. The van der Waals surface area contributed by atoms with Crippen LogP contribution >= 0.6 is 0 Å². The minimum atomic E-state index is -0.904. The molecular weight excluding hydrogens is 440 g/mol. The van der Waals surface area contributed by atoms with Gasteiger partial charge < -0.3 is 4.74 Å². The molecule has 2 aliphatic rings. The van der Waals surface area contributed by atoms with Crippen LogP contribution in [0.15, 0.2) is 97.1 Å². The predicted octanol–water partition coefficient (Wildman–Crippen LogP) is 5.29. The number of nitrogens with zero attached hydrogens (tertiary/aromatic N) is 2. The molecule has 6 nitrogen and oxygen atoms in total. The molecule has 6 rings (SSSR count). The van der Waals surface area contributed by atoms with E-state index in [-0.39, 0.29) is 11.8 Å². The highest BCUT2D eigenvalue weighted by Gasteiger charge is 2.60. The highest BCUT2D eigenvalue weighted by molar-refractivity contribution is 6.24. The number of ether oxygens (including phenoxy) is 1. The van der Waals surface area contributed by atoms with Crippen molar-refractivity contribution in [1.82, 2.24) is 0 Å². The number of rotatable bonds is 5. The van der Waals surface area contributed by atoms with Crippen molar-refractivity contribution in [3.05, 3.63) is 103 Å². The van der Waals surface area contributed by atoms with Crippen molar-refractivity contribution in [2.45, 2.75) is 19.1 Å². The van der Waals surface area contributed by atoms with Crippen molar-refractivity contribution in [2.24, 2.45) is 5.92 Å². The molecule has 0 saturated carbocycles. The fourth-order valence-corrected chi connectivity index (χ4v) is 5.15. The van der Waals surface area contributed by atoms with Gasteiger partial charge in [-0.15, -0.1) is 0 Å². The molecule has 3 atom stereocenters. The van der Waals surface area contributed by atoms with E-state index >= 15 is 0 Å². The van der Waals surface area contributed by atoms with Gasteiger partial charge in [0.1, 0.15) is 11.7 Å². The maximum atomic E-state index is 13.9. The molecule has 2 heterocycles. The second-order valence-electron chi connectivity index (χ2n) is 8.67. The van der Waals surface area contributed by atoms with Gasteiger partial charge in [0.05, 0.1) is 24.0 Å². The van der Waals surface area contributed by atoms with E-state index in [1.807, 2.05) is 79.7 Å². The molecule has 35 heavy (non-hydrogen) atoms. The lowest BCUT2D eigenvalue weighted by Gasteiger charge is -2.29. The number of hydrogen-bond acceptors (Lipinski definition) is 5. The van der Waals surface area contributed by atoms with Crippen molar-refractivity contribution < 1.29 is 19.2 Å². The average Bonchev–Trinajstić information content (AvgIpc) is 3.41. The molecule has 0 bridgehead atoms. The molecule has 2 saturated heterocycles. The molecule has 0 aliphatic carbocycles. The van der Waals surface area contributed by atoms with E-state index in [9.17, 15) is 9.59 Å². The van der Waals surface area contributed by atoms with E-state index in [4.69, 9.17) is 9.57 Å². The van der Waals surface area contributed by atoms with E-state index in [1.165, 1.54) is 4.90 Å². The maximum Gasteiger partial charge on any atom is 0.266 e. The van der Waals surface area contributed by atoms with Crippen molar-refractivity contribution in [2.75, 3.05) is 16.6 Å². The number of hydroxylamine groups is 1. The number of carbonyl (C=O) groups is 2. The van der Waals surface area contributed by atoms with Gasteiger partial charge in [-0.1, -0.05) is 60.7 Å². The first-order valence-electron chi connectivity index (χ1n) is 11.8. The molecule has 0 radical (unpaired) electrons. The maximum absolute atomic E-state index is 13.9. The van der Waals surface area contributed by atoms with Gasteiger partial charge in [-0.3, -0.25) is 14.4 Å². The first-order valence-corrected chi connectivity index (χ1v) is 11.8. The third-order valence-corrected chi connectivity index (χ3v) is 6.67. The van der Waals surface area contributed by atoms with Crippen LogP contribution in [-0.4, -0.2) is 24.5 Å². The minimum Gasteiger partial charge on any atom is -0.494 e. The summed E-state index contributed by atoms with van der Waals surface area (Å²) < 4.78 is 5.51. The Kier molecular flexibility index (Phi) is 5.23. The Labute approximate surface area is 203 Å². The number of fused-ring (bicyclic) bond motifs is 2. The summed E-state index contributed by atoms with van der Waals surface area (Å²) in [5.74, 6) is -0.607. The summed E-state index contributed by atoms with van der Waals surface area (Å²) in [6, 6.07) is 30.3. The fourth-order valence-electron chi connectivity index (χ4n) is 5.15. The van der Waals surface area contributed by atoms with Gasteiger partial charge in [0.15, 0.2) is 6.10 Å². The van der Waals surface area contributed by atoms with Crippen LogP contribution in [-0.2, 0) is 14.4 Å². The number of imide groups is 1. The predicted molar refractivity (Wildman–Crippen MR) is 134 cm³/mol. The Morgan fingerprint density at radius 2 is 1.49 bits per heavy atom. The topological polar surface area (TPSA) is 59.1 Å². The van der Waals surface area contributed by atoms with Crippen molar-refractivity contribution >= 4 is 34.0 Å². The van der Waals surface area contributed by atoms with Crippen LogP contribution < -0.4 is 14.7 Å². The molecule has 0 N–H and O–H groups in total.